The summed E-state index contributed by atoms with van der Waals surface area (Å²) in [6.07, 6.45) is 0. The van der Waals surface area contributed by atoms with E-state index < -0.39 is 0 Å². The first-order valence-electron chi connectivity index (χ1n) is 6.36. The molecule has 0 saturated carbocycles. The second-order valence-electron chi connectivity index (χ2n) is 4.38. The Morgan fingerprint density at radius 3 is 2.75 bits per heavy atom. The minimum atomic E-state index is -0.127. The van der Waals surface area contributed by atoms with Gasteiger partial charge in [0.2, 0.25) is 0 Å². The van der Waals surface area contributed by atoms with E-state index in [-0.39, 0.29) is 12.5 Å². The molecule has 0 unspecified atom stereocenters. The average Bonchev–Trinajstić information content (AvgIpc) is 2.48. The molecule has 2 radical (unpaired) electrons. The van der Waals surface area contributed by atoms with Crippen molar-refractivity contribution in [3.8, 4) is 17.1 Å². The Bertz CT molecular complexity index is 661. The quantitative estimate of drug-likeness (QED) is 0.749. The molecule has 0 saturated heterocycles. The fourth-order valence-corrected chi connectivity index (χ4v) is 2.16. The molecule has 1 aromatic carbocycles. The molecule has 20 heavy (non-hydrogen) atoms. The van der Waals surface area contributed by atoms with Crippen LogP contribution in [0.1, 0.15) is 6.92 Å². The van der Waals surface area contributed by atoms with Crippen LogP contribution in [-0.2, 0) is 4.79 Å². The molecule has 0 aliphatic carbocycles. The Hall–Kier alpha value is -2.37. The highest BCUT2D eigenvalue weighted by Crippen LogP contribution is 2.29. The molecular formula is C14H12BN3O2. The van der Waals surface area contributed by atoms with Crippen molar-refractivity contribution in [1.82, 2.24) is 9.97 Å². The first kappa shape index (κ1) is 12.7. The highest BCUT2D eigenvalue weighted by Gasteiger charge is 2.28. The van der Waals surface area contributed by atoms with E-state index in [9.17, 15) is 4.79 Å². The van der Waals surface area contributed by atoms with Gasteiger partial charge in [0.15, 0.2) is 12.4 Å². The number of carbonyl (C=O) groups excluding carboxylic acids is 1. The third-order valence-electron chi connectivity index (χ3n) is 3.13. The van der Waals surface area contributed by atoms with Gasteiger partial charge in [0, 0.05) is 17.7 Å². The van der Waals surface area contributed by atoms with Crippen LogP contribution in [0.4, 0.5) is 5.82 Å². The Morgan fingerprint density at radius 2 is 2.05 bits per heavy atom. The standard InChI is InChI=1S/C14H12BN3O2/c1-2-18-10(19)8-20-14-13(18)16-11(12(15)17-14)9-6-4-3-5-7-9/h3-7H,2,8H2,1H3. The highest BCUT2D eigenvalue weighted by molar-refractivity contribution is 6.34. The Kier molecular flexibility index (Phi) is 3.14. The molecule has 5 nitrogen and oxygen atoms in total. The summed E-state index contributed by atoms with van der Waals surface area (Å²) in [6.45, 7) is 2.37. The van der Waals surface area contributed by atoms with Crippen molar-refractivity contribution in [1.29, 1.82) is 0 Å². The molecule has 3 rings (SSSR count). The zero-order valence-electron chi connectivity index (χ0n) is 11.0. The van der Waals surface area contributed by atoms with Gasteiger partial charge < -0.3 is 4.74 Å². The number of anilines is 1. The predicted octanol–water partition coefficient (Wildman–Crippen LogP) is 0.683. The van der Waals surface area contributed by atoms with Crippen molar-refractivity contribution >= 4 is 25.2 Å². The fraction of sp³-hybridized carbons (Fsp3) is 0.214. The van der Waals surface area contributed by atoms with E-state index >= 15 is 0 Å². The fourth-order valence-electron chi connectivity index (χ4n) is 2.16. The Morgan fingerprint density at radius 1 is 1.30 bits per heavy atom. The van der Waals surface area contributed by atoms with E-state index in [1.807, 2.05) is 37.3 Å². The van der Waals surface area contributed by atoms with Crippen LogP contribution in [0.3, 0.4) is 0 Å². The maximum Gasteiger partial charge on any atom is 0.266 e. The summed E-state index contributed by atoms with van der Waals surface area (Å²) in [4.78, 5) is 22.1. The summed E-state index contributed by atoms with van der Waals surface area (Å²) in [5.41, 5.74) is 1.70. The summed E-state index contributed by atoms with van der Waals surface area (Å²) in [6, 6.07) is 9.50. The maximum absolute atomic E-state index is 11.8. The molecule has 0 atom stereocenters. The van der Waals surface area contributed by atoms with Crippen molar-refractivity contribution in [2.45, 2.75) is 6.92 Å². The molecule has 0 fully saturated rings. The Labute approximate surface area is 118 Å². The van der Waals surface area contributed by atoms with Gasteiger partial charge in [-0.05, 0) is 6.92 Å². The van der Waals surface area contributed by atoms with E-state index in [0.29, 0.717) is 29.5 Å². The number of likely N-dealkylation sites (N-methyl/N-ethyl adjacent to an activating group) is 1. The number of rotatable bonds is 2. The first-order valence-corrected chi connectivity index (χ1v) is 6.36. The molecule has 98 valence electrons. The third kappa shape index (κ3) is 2.03. The van der Waals surface area contributed by atoms with Gasteiger partial charge in [0.25, 0.3) is 11.8 Å². The van der Waals surface area contributed by atoms with Gasteiger partial charge in [-0.15, -0.1) is 0 Å². The van der Waals surface area contributed by atoms with Crippen LogP contribution < -0.4 is 15.2 Å². The average molecular weight is 265 g/mol. The lowest BCUT2D eigenvalue weighted by Gasteiger charge is -2.27. The van der Waals surface area contributed by atoms with Crippen molar-refractivity contribution in [3.05, 3.63) is 30.3 Å². The highest BCUT2D eigenvalue weighted by atomic mass is 16.5. The normalized spacial score (nSPS) is 13.8. The monoisotopic (exact) mass is 265 g/mol. The van der Waals surface area contributed by atoms with E-state index in [4.69, 9.17) is 12.6 Å². The summed E-state index contributed by atoms with van der Waals surface area (Å²) >= 11 is 0. The van der Waals surface area contributed by atoms with Gasteiger partial charge in [0.05, 0.1) is 5.69 Å². The number of aromatic nitrogens is 2. The van der Waals surface area contributed by atoms with E-state index in [1.54, 1.807) is 4.90 Å². The van der Waals surface area contributed by atoms with Crippen molar-refractivity contribution < 1.29 is 9.53 Å². The van der Waals surface area contributed by atoms with E-state index in [2.05, 4.69) is 9.97 Å². The molecule has 0 N–H and O–H groups in total. The number of amides is 1. The summed E-state index contributed by atoms with van der Waals surface area (Å²) < 4.78 is 5.29. The van der Waals surface area contributed by atoms with Crippen molar-refractivity contribution in [3.63, 3.8) is 0 Å². The number of nitrogens with zero attached hydrogens (tertiary/aromatic N) is 3. The molecule has 1 amide bonds. The SMILES string of the molecule is [B]c1nc2c(nc1-c1ccccc1)N(CC)C(=O)CO2. The van der Waals surface area contributed by atoms with Gasteiger partial charge in [-0.25, -0.2) is 9.97 Å². The smallest absolute Gasteiger partial charge is 0.266 e. The number of fused-ring (bicyclic) bond motifs is 1. The molecule has 1 aromatic heterocycles. The van der Waals surface area contributed by atoms with E-state index in [1.165, 1.54) is 0 Å². The molecule has 2 heterocycles. The van der Waals surface area contributed by atoms with Crippen LogP contribution in [0.15, 0.2) is 30.3 Å². The number of hydrogen-bond donors (Lipinski definition) is 0. The van der Waals surface area contributed by atoms with Crippen molar-refractivity contribution in [2.75, 3.05) is 18.1 Å². The second kappa shape index (κ2) is 4.96. The summed E-state index contributed by atoms with van der Waals surface area (Å²) in [5, 5.41) is 0. The van der Waals surface area contributed by atoms with Gasteiger partial charge in [-0.1, -0.05) is 30.3 Å². The van der Waals surface area contributed by atoms with Gasteiger partial charge in [0.1, 0.15) is 7.85 Å². The van der Waals surface area contributed by atoms with Crippen LogP contribution in [0.25, 0.3) is 11.3 Å². The van der Waals surface area contributed by atoms with Gasteiger partial charge >= 0.3 is 0 Å². The minimum Gasteiger partial charge on any atom is -0.465 e. The van der Waals surface area contributed by atoms with Crippen LogP contribution in [0.2, 0.25) is 0 Å². The molecule has 0 bridgehead atoms. The zero-order chi connectivity index (χ0) is 14.1. The molecule has 1 aliphatic rings. The van der Waals surface area contributed by atoms with Gasteiger partial charge in [-0.2, -0.15) is 0 Å². The number of ether oxygens (including phenoxy) is 1. The largest absolute Gasteiger partial charge is 0.465 e. The topological polar surface area (TPSA) is 55.3 Å². The summed E-state index contributed by atoms with van der Waals surface area (Å²) in [5.74, 6) is 0.610. The third-order valence-corrected chi connectivity index (χ3v) is 3.13. The number of carbonyl (C=O) groups is 1. The lowest BCUT2D eigenvalue weighted by molar-refractivity contribution is -0.121. The molecule has 1 aliphatic heterocycles. The molecule has 2 aromatic rings. The van der Waals surface area contributed by atoms with Crippen LogP contribution >= 0.6 is 0 Å². The molecule has 0 spiro atoms. The lowest BCUT2D eigenvalue weighted by Crippen LogP contribution is -2.40. The van der Waals surface area contributed by atoms with Crippen molar-refractivity contribution in [2.24, 2.45) is 0 Å². The molecular weight excluding hydrogens is 253 g/mol. The van der Waals surface area contributed by atoms with E-state index in [0.717, 1.165) is 5.56 Å². The maximum atomic E-state index is 11.8. The number of hydrogen-bond acceptors (Lipinski definition) is 4. The first-order chi connectivity index (χ1) is 9.70. The second-order valence-corrected chi connectivity index (χ2v) is 4.38. The zero-order valence-corrected chi connectivity index (χ0v) is 11.0. The van der Waals surface area contributed by atoms with Crippen LogP contribution in [0, 0.1) is 0 Å². The van der Waals surface area contributed by atoms with Crippen LogP contribution in [0.5, 0.6) is 5.88 Å². The van der Waals surface area contributed by atoms with Gasteiger partial charge in [-0.3, -0.25) is 9.69 Å². The molecule has 6 heteroatoms. The summed E-state index contributed by atoms with van der Waals surface area (Å²) in [7, 11) is 5.94. The minimum absolute atomic E-state index is 0.0281. The lowest BCUT2D eigenvalue weighted by atomic mass is 9.97. The predicted molar refractivity (Wildman–Crippen MR) is 76.4 cm³/mol. The number of benzene rings is 1. The van der Waals surface area contributed by atoms with Crippen LogP contribution in [-0.4, -0.2) is 36.9 Å². The Balaban J connectivity index is 2.15.